The molecule has 2 rings (SSSR count). The third kappa shape index (κ3) is 4.92. The smallest absolute Gasteiger partial charge is 0.387 e. The molecule has 0 aliphatic rings. The number of methoxy groups -OCH3 is 1. The summed E-state index contributed by atoms with van der Waals surface area (Å²) >= 11 is 0. The molecule has 1 unspecified atom stereocenters. The number of hydrogen-bond acceptors (Lipinski definition) is 5. The van der Waals surface area contributed by atoms with Gasteiger partial charge in [-0.3, -0.25) is 4.79 Å². The number of hydrogen-bond donors (Lipinski definition) is 1. The average Bonchev–Trinajstić information content (AvgIpc) is 2.62. The average molecular weight is 365 g/mol. The highest BCUT2D eigenvalue weighted by Crippen LogP contribution is 2.24. The number of ether oxygens (including phenoxy) is 3. The van der Waals surface area contributed by atoms with E-state index in [1.807, 2.05) is 0 Å². The first-order valence-corrected chi connectivity index (χ1v) is 7.61. The SMILES string of the molecule is COc1ccccc1NC(=O)C(C)OC(=O)c1ccccc1OC(F)F. The Morgan fingerprint density at radius 2 is 1.62 bits per heavy atom. The van der Waals surface area contributed by atoms with E-state index in [9.17, 15) is 18.4 Å². The fourth-order valence-electron chi connectivity index (χ4n) is 2.09. The van der Waals surface area contributed by atoms with Crippen molar-refractivity contribution in [2.75, 3.05) is 12.4 Å². The van der Waals surface area contributed by atoms with Crippen LogP contribution < -0.4 is 14.8 Å². The number of esters is 1. The highest BCUT2D eigenvalue weighted by molar-refractivity contribution is 5.99. The lowest BCUT2D eigenvalue weighted by Crippen LogP contribution is -2.30. The van der Waals surface area contributed by atoms with Crippen LogP contribution in [-0.4, -0.2) is 31.7 Å². The molecule has 2 aromatic rings. The van der Waals surface area contributed by atoms with Crippen LogP contribution in [0.4, 0.5) is 14.5 Å². The molecule has 0 bridgehead atoms. The minimum Gasteiger partial charge on any atom is -0.495 e. The normalized spacial score (nSPS) is 11.6. The second kappa shape index (κ2) is 8.80. The molecule has 1 atom stereocenters. The Morgan fingerprint density at radius 3 is 2.27 bits per heavy atom. The summed E-state index contributed by atoms with van der Waals surface area (Å²) in [5, 5.41) is 2.57. The van der Waals surface area contributed by atoms with E-state index in [-0.39, 0.29) is 11.3 Å². The summed E-state index contributed by atoms with van der Waals surface area (Å²) < 4.78 is 39.3. The van der Waals surface area contributed by atoms with Crippen LogP contribution >= 0.6 is 0 Å². The van der Waals surface area contributed by atoms with Crippen molar-refractivity contribution in [2.24, 2.45) is 0 Å². The van der Waals surface area contributed by atoms with Crippen LogP contribution in [0.5, 0.6) is 11.5 Å². The van der Waals surface area contributed by atoms with Gasteiger partial charge in [0, 0.05) is 0 Å². The van der Waals surface area contributed by atoms with Crippen LogP contribution in [0.3, 0.4) is 0 Å². The van der Waals surface area contributed by atoms with Crippen LogP contribution in [0.25, 0.3) is 0 Å². The van der Waals surface area contributed by atoms with Crippen molar-refractivity contribution in [3.8, 4) is 11.5 Å². The minimum absolute atomic E-state index is 0.204. The van der Waals surface area contributed by atoms with Gasteiger partial charge in [0.25, 0.3) is 5.91 Å². The lowest BCUT2D eigenvalue weighted by Gasteiger charge is -2.16. The Labute approximate surface area is 148 Å². The molecule has 0 spiro atoms. The van der Waals surface area contributed by atoms with Crippen LogP contribution in [0, 0.1) is 0 Å². The lowest BCUT2D eigenvalue weighted by molar-refractivity contribution is -0.123. The number of carbonyl (C=O) groups is 2. The second-order valence-corrected chi connectivity index (χ2v) is 5.11. The van der Waals surface area contributed by atoms with Gasteiger partial charge in [0.2, 0.25) is 0 Å². The zero-order valence-electron chi connectivity index (χ0n) is 14.1. The fraction of sp³-hybridized carbons (Fsp3) is 0.222. The van der Waals surface area contributed by atoms with Crippen molar-refractivity contribution in [1.82, 2.24) is 0 Å². The first kappa shape index (κ1) is 19.2. The number of halogens is 2. The van der Waals surface area contributed by atoms with E-state index >= 15 is 0 Å². The number of carbonyl (C=O) groups excluding carboxylic acids is 2. The Morgan fingerprint density at radius 1 is 1.00 bits per heavy atom. The van der Waals surface area contributed by atoms with Crippen molar-refractivity contribution in [3.05, 3.63) is 54.1 Å². The molecular formula is C18H17F2NO5. The van der Waals surface area contributed by atoms with E-state index in [0.29, 0.717) is 11.4 Å². The zero-order chi connectivity index (χ0) is 19.1. The summed E-state index contributed by atoms with van der Waals surface area (Å²) in [5.41, 5.74) is 0.203. The monoisotopic (exact) mass is 365 g/mol. The van der Waals surface area contributed by atoms with Gasteiger partial charge in [-0.1, -0.05) is 24.3 Å². The Hall–Kier alpha value is -3.16. The fourth-order valence-corrected chi connectivity index (χ4v) is 2.09. The van der Waals surface area contributed by atoms with E-state index < -0.39 is 24.6 Å². The topological polar surface area (TPSA) is 73.9 Å². The van der Waals surface area contributed by atoms with E-state index in [0.717, 1.165) is 0 Å². The van der Waals surface area contributed by atoms with Crippen molar-refractivity contribution in [1.29, 1.82) is 0 Å². The van der Waals surface area contributed by atoms with Gasteiger partial charge in [-0.25, -0.2) is 4.79 Å². The van der Waals surface area contributed by atoms with Crippen molar-refractivity contribution >= 4 is 17.6 Å². The van der Waals surface area contributed by atoms with Gasteiger partial charge < -0.3 is 19.5 Å². The first-order chi connectivity index (χ1) is 12.4. The molecule has 0 aromatic heterocycles. The summed E-state index contributed by atoms with van der Waals surface area (Å²) in [6, 6.07) is 12.1. The number of amides is 1. The number of benzene rings is 2. The van der Waals surface area contributed by atoms with Gasteiger partial charge in [-0.2, -0.15) is 8.78 Å². The first-order valence-electron chi connectivity index (χ1n) is 7.61. The summed E-state index contributed by atoms with van der Waals surface area (Å²) in [6.07, 6.45) is -1.17. The predicted octanol–water partition coefficient (Wildman–Crippen LogP) is 3.48. The van der Waals surface area contributed by atoms with E-state index in [4.69, 9.17) is 9.47 Å². The molecule has 8 heteroatoms. The van der Waals surface area contributed by atoms with Gasteiger partial charge in [0.05, 0.1) is 12.8 Å². The molecule has 0 aliphatic heterocycles. The van der Waals surface area contributed by atoms with E-state index in [1.165, 1.54) is 38.3 Å². The van der Waals surface area contributed by atoms with Crippen molar-refractivity contribution < 1.29 is 32.6 Å². The number of nitrogens with one attached hydrogen (secondary N) is 1. The number of alkyl halides is 2. The molecule has 0 saturated heterocycles. The number of rotatable bonds is 7. The van der Waals surface area contributed by atoms with Crippen LogP contribution in [0.1, 0.15) is 17.3 Å². The molecule has 2 aromatic carbocycles. The van der Waals surface area contributed by atoms with Gasteiger partial charge in [0.15, 0.2) is 6.10 Å². The van der Waals surface area contributed by atoms with Crippen molar-refractivity contribution in [2.45, 2.75) is 19.6 Å². The van der Waals surface area contributed by atoms with Crippen LogP contribution in [0.15, 0.2) is 48.5 Å². The van der Waals surface area contributed by atoms with Crippen LogP contribution in [-0.2, 0) is 9.53 Å². The van der Waals surface area contributed by atoms with Gasteiger partial charge in [0.1, 0.15) is 17.1 Å². The Kier molecular flexibility index (Phi) is 6.48. The molecular weight excluding hydrogens is 348 g/mol. The van der Waals surface area contributed by atoms with Gasteiger partial charge >= 0.3 is 12.6 Å². The predicted molar refractivity (Wildman–Crippen MR) is 89.6 cm³/mol. The maximum Gasteiger partial charge on any atom is 0.387 e. The van der Waals surface area contributed by atoms with Gasteiger partial charge in [-0.05, 0) is 31.2 Å². The summed E-state index contributed by atoms with van der Waals surface area (Å²) in [7, 11) is 1.45. The molecule has 0 aliphatic carbocycles. The van der Waals surface area contributed by atoms with Crippen molar-refractivity contribution in [3.63, 3.8) is 0 Å². The molecule has 6 nitrogen and oxygen atoms in total. The Balaban J connectivity index is 2.06. The summed E-state index contributed by atoms with van der Waals surface area (Å²) in [4.78, 5) is 24.4. The van der Waals surface area contributed by atoms with E-state index in [1.54, 1.807) is 24.3 Å². The number of anilines is 1. The standard InChI is InChI=1S/C18H17F2NO5/c1-11(16(22)21-13-8-4-6-10-15(13)24-2)25-17(23)12-7-3-5-9-14(12)26-18(19)20/h3-11,18H,1-2H3,(H,21,22). The third-order valence-corrected chi connectivity index (χ3v) is 3.34. The third-order valence-electron chi connectivity index (χ3n) is 3.34. The van der Waals surface area contributed by atoms with E-state index in [2.05, 4.69) is 10.1 Å². The van der Waals surface area contributed by atoms with Gasteiger partial charge in [-0.15, -0.1) is 0 Å². The molecule has 26 heavy (non-hydrogen) atoms. The number of para-hydroxylation sites is 3. The molecule has 0 heterocycles. The maximum absolute atomic E-state index is 12.4. The quantitative estimate of drug-likeness (QED) is 0.761. The minimum atomic E-state index is -3.09. The summed E-state index contributed by atoms with van der Waals surface area (Å²) in [5.74, 6) is -1.45. The largest absolute Gasteiger partial charge is 0.495 e. The highest BCUT2D eigenvalue weighted by Gasteiger charge is 2.23. The maximum atomic E-state index is 12.4. The lowest BCUT2D eigenvalue weighted by atomic mass is 10.2. The highest BCUT2D eigenvalue weighted by atomic mass is 19.3. The summed E-state index contributed by atoms with van der Waals surface area (Å²) in [6.45, 7) is -1.73. The second-order valence-electron chi connectivity index (χ2n) is 5.11. The molecule has 0 saturated carbocycles. The molecule has 1 amide bonds. The molecule has 0 radical (unpaired) electrons. The molecule has 1 N–H and O–H groups in total. The molecule has 0 fully saturated rings. The van der Waals surface area contributed by atoms with Crippen LogP contribution in [0.2, 0.25) is 0 Å². The zero-order valence-corrected chi connectivity index (χ0v) is 14.1. The Bertz CT molecular complexity index is 782. The molecule has 138 valence electrons.